The molecule has 5 nitrogen and oxygen atoms in total. The first-order chi connectivity index (χ1) is 13.0. The summed E-state index contributed by atoms with van der Waals surface area (Å²) in [5, 5.41) is 3.30. The molecule has 1 aliphatic carbocycles. The van der Waals surface area contributed by atoms with Gasteiger partial charge in [-0.3, -0.25) is 9.20 Å². The van der Waals surface area contributed by atoms with Gasteiger partial charge in [-0.1, -0.05) is 19.9 Å². The molecule has 4 rings (SSSR count). The van der Waals surface area contributed by atoms with Crippen LogP contribution in [0.4, 0.5) is 10.2 Å². The molecule has 27 heavy (non-hydrogen) atoms. The van der Waals surface area contributed by atoms with E-state index in [1.807, 2.05) is 10.6 Å². The first-order valence-electron chi connectivity index (χ1n) is 9.42. The number of aromatic nitrogens is 3. The number of imidazole rings is 1. The summed E-state index contributed by atoms with van der Waals surface area (Å²) in [6.45, 7) is 5.04. The Kier molecular flexibility index (Phi) is 4.64. The molecular formula is C21H23FN4O. The van der Waals surface area contributed by atoms with Crippen molar-refractivity contribution in [2.75, 3.05) is 11.9 Å². The van der Waals surface area contributed by atoms with Crippen molar-refractivity contribution in [3.8, 4) is 11.3 Å². The van der Waals surface area contributed by atoms with Crippen LogP contribution in [0.3, 0.4) is 0 Å². The number of carbonyl (C=O) groups excluding carboxylic acids is 1. The van der Waals surface area contributed by atoms with Gasteiger partial charge in [0.25, 0.3) is 0 Å². The van der Waals surface area contributed by atoms with Gasteiger partial charge in [0, 0.05) is 30.9 Å². The molecule has 6 heteroatoms. The summed E-state index contributed by atoms with van der Waals surface area (Å²) in [5.74, 6) is 1.05. The van der Waals surface area contributed by atoms with Gasteiger partial charge in [0.05, 0.1) is 17.5 Å². The van der Waals surface area contributed by atoms with Crippen LogP contribution in [0.5, 0.6) is 0 Å². The molecule has 1 N–H and O–H groups in total. The smallest absolute Gasteiger partial charge is 0.180 e. The van der Waals surface area contributed by atoms with Crippen molar-refractivity contribution in [1.82, 2.24) is 14.4 Å². The lowest BCUT2D eigenvalue weighted by Gasteiger charge is -2.10. The van der Waals surface area contributed by atoms with Gasteiger partial charge in [-0.15, -0.1) is 0 Å². The third-order valence-corrected chi connectivity index (χ3v) is 4.84. The Morgan fingerprint density at radius 1 is 1.33 bits per heavy atom. The van der Waals surface area contributed by atoms with Crippen LogP contribution in [0.1, 0.15) is 43.5 Å². The summed E-state index contributed by atoms with van der Waals surface area (Å²) in [6.07, 6.45) is 7.82. The molecular weight excluding hydrogens is 343 g/mol. The largest absolute Gasteiger partial charge is 0.367 e. The van der Waals surface area contributed by atoms with Crippen molar-refractivity contribution in [3.63, 3.8) is 0 Å². The van der Waals surface area contributed by atoms with E-state index in [1.165, 1.54) is 6.07 Å². The molecule has 2 aromatic heterocycles. The van der Waals surface area contributed by atoms with Gasteiger partial charge in [-0.2, -0.15) is 0 Å². The zero-order valence-corrected chi connectivity index (χ0v) is 15.6. The molecule has 0 atom stereocenters. The molecule has 0 spiro atoms. The maximum atomic E-state index is 14.6. The fourth-order valence-electron chi connectivity index (χ4n) is 3.15. The Morgan fingerprint density at radius 3 is 2.85 bits per heavy atom. The number of carbonyl (C=O) groups is 1. The fraction of sp³-hybridized carbons (Fsp3) is 0.381. The van der Waals surface area contributed by atoms with Gasteiger partial charge in [-0.25, -0.2) is 14.4 Å². The molecule has 2 heterocycles. The zero-order chi connectivity index (χ0) is 19.0. The average molecular weight is 366 g/mol. The summed E-state index contributed by atoms with van der Waals surface area (Å²) in [5.41, 5.74) is 2.33. The molecule has 0 bridgehead atoms. The first-order valence-corrected chi connectivity index (χ1v) is 9.42. The minimum Gasteiger partial charge on any atom is -0.367 e. The van der Waals surface area contributed by atoms with Gasteiger partial charge in [0.15, 0.2) is 17.2 Å². The highest BCUT2D eigenvalue weighted by atomic mass is 19.1. The number of hydrogen-bond donors (Lipinski definition) is 1. The van der Waals surface area contributed by atoms with Gasteiger partial charge in [0.1, 0.15) is 5.82 Å². The normalized spacial score (nSPS) is 14.1. The van der Waals surface area contributed by atoms with Gasteiger partial charge in [0.2, 0.25) is 0 Å². The van der Waals surface area contributed by atoms with Gasteiger partial charge in [-0.05, 0) is 36.8 Å². The minimum absolute atomic E-state index is 0.107. The molecule has 1 aliphatic rings. The number of benzene rings is 1. The predicted octanol–water partition coefficient (Wildman–Crippen LogP) is 4.59. The third kappa shape index (κ3) is 3.70. The zero-order valence-electron chi connectivity index (χ0n) is 15.6. The number of anilines is 1. The number of fused-ring (bicyclic) bond motifs is 1. The lowest BCUT2D eigenvalue weighted by Crippen LogP contribution is -2.10. The standard InChI is InChI=1S/C21H23FN4O/c1-13(2)11-24-20-21-25-12-18(26(21)8-7-23-20)15-5-6-16(17(22)10-15)19(27)9-14-3-4-14/h5-8,10,12-14H,3-4,9,11H2,1-2H3,(H,23,24). The van der Waals surface area contributed by atoms with Crippen LogP contribution in [-0.4, -0.2) is 26.7 Å². The number of rotatable bonds is 7. The van der Waals surface area contributed by atoms with E-state index < -0.39 is 5.82 Å². The minimum atomic E-state index is -0.472. The van der Waals surface area contributed by atoms with E-state index in [-0.39, 0.29) is 11.3 Å². The molecule has 0 unspecified atom stereocenters. The molecule has 1 aromatic carbocycles. The highest BCUT2D eigenvalue weighted by Gasteiger charge is 2.26. The van der Waals surface area contributed by atoms with Gasteiger partial charge >= 0.3 is 0 Å². The molecule has 3 aromatic rings. The second-order valence-corrected chi connectivity index (χ2v) is 7.65. The molecule has 0 saturated heterocycles. The Bertz CT molecular complexity index is 991. The van der Waals surface area contributed by atoms with Crippen LogP contribution < -0.4 is 5.32 Å². The monoisotopic (exact) mass is 366 g/mol. The molecule has 0 radical (unpaired) electrons. The molecule has 1 saturated carbocycles. The number of nitrogens with zero attached hydrogens (tertiary/aromatic N) is 3. The van der Waals surface area contributed by atoms with Crippen molar-refractivity contribution in [2.24, 2.45) is 11.8 Å². The van der Waals surface area contributed by atoms with Crippen LogP contribution in [0, 0.1) is 17.7 Å². The summed E-state index contributed by atoms with van der Waals surface area (Å²) in [7, 11) is 0. The lowest BCUT2D eigenvalue weighted by molar-refractivity contribution is 0.0972. The Hall–Kier alpha value is -2.76. The number of ketones is 1. The van der Waals surface area contributed by atoms with Crippen LogP contribution in [-0.2, 0) is 0 Å². The number of Topliss-reactive ketones (excluding diaryl/α,β-unsaturated/α-hetero) is 1. The van der Waals surface area contributed by atoms with Crippen molar-refractivity contribution in [1.29, 1.82) is 0 Å². The van der Waals surface area contributed by atoms with Gasteiger partial charge < -0.3 is 5.32 Å². The van der Waals surface area contributed by atoms with Crippen molar-refractivity contribution >= 4 is 17.2 Å². The van der Waals surface area contributed by atoms with E-state index in [1.54, 1.807) is 24.5 Å². The van der Waals surface area contributed by atoms with Crippen molar-refractivity contribution in [3.05, 3.63) is 48.2 Å². The molecule has 140 valence electrons. The van der Waals surface area contributed by atoms with Crippen LogP contribution >= 0.6 is 0 Å². The highest BCUT2D eigenvalue weighted by Crippen LogP contribution is 2.34. The van der Waals surface area contributed by atoms with E-state index in [2.05, 4.69) is 29.1 Å². The third-order valence-electron chi connectivity index (χ3n) is 4.84. The molecule has 0 aliphatic heterocycles. The maximum absolute atomic E-state index is 14.6. The second-order valence-electron chi connectivity index (χ2n) is 7.65. The maximum Gasteiger partial charge on any atom is 0.180 e. The highest BCUT2D eigenvalue weighted by molar-refractivity contribution is 5.97. The Labute approximate surface area is 157 Å². The van der Waals surface area contributed by atoms with E-state index in [9.17, 15) is 9.18 Å². The SMILES string of the molecule is CC(C)CNc1nccn2c(-c3ccc(C(=O)CC4CC4)c(F)c3)cnc12. The summed E-state index contributed by atoms with van der Waals surface area (Å²) in [4.78, 5) is 21.0. The van der Waals surface area contributed by atoms with Crippen LogP contribution in [0.15, 0.2) is 36.8 Å². The topological polar surface area (TPSA) is 59.3 Å². The fourth-order valence-corrected chi connectivity index (χ4v) is 3.15. The van der Waals surface area contributed by atoms with Crippen LogP contribution in [0.2, 0.25) is 0 Å². The average Bonchev–Trinajstić information content (AvgIpc) is 3.34. The van der Waals surface area contributed by atoms with E-state index >= 15 is 0 Å². The number of nitrogens with one attached hydrogen (secondary N) is 1. The van der Waals surface area contributed by atoms with Crippen LogP contribution in [0.25, 0.3) is 16.9 Å². The van der Waals surface area contributed by atoms with E-state index in [0.717, 1.165) is 25.1 Å². The van der Waals surface area contributed by atoms with E-state index in [0.29, 0.717) is 35.3 Å². The van der Waals surface area contributed by atoms with Crippen molar-refractivity contribution < 1.29 is 9.18 Å². The van der Waals surface area contributed by atoms with Crippen molar-refractivity contribution in [2.45, 2.75) is 33.1 Å². The second kappa shape index (κ2) is 7.10. The summed E-state index contributed by atoms with van der Waals surface area (Å²) >= 11 is 0. The Morgan fingerprint density at radius 2 is 2.15 bits per heavy atom. The first kappa shape index (κ1) is 17.6. The van der Waals surface area contributed by atoms with E-state index in [4.69, 9.17) is 0 Å². The summed E-state index contributed by atoms with van der Waals surface area (Å²) in [6, 6.07) is 4.80. The Balaban J connectivity index is 1.65. The predicted molar refractivity (Wildman–Crippen MR) is 103 cm³/mol. The lowest BCUT2D eigenvalue weighted by atomic mass is 10.0. The molecule has 0 amide bonds. The number of hydrogen-bond acceptors (Lipinski definition) is 4. The molecule has 1 fully saturated rings. The summed E-state index contributed by atoms with van der Waals surface area (Å²) < 4.78 is 16.5. The quantitative estimate of drug-likeness (QED) is 0.622. The number of halogens is 1.